The Bertz CT molecular complexity index is 4500. The van der Waals surface area contributed by atoms with Crippen LogP contribution in [0.25, 0.3) is 67.6 Å². The maximum absolute atomic E-state index is 12.2. The summed E-state index contributed by atoms with van der Waals surface area (Å²) in [5.41, 5.74) is 23.2. The van der Waals surface area contributed by atoms with Gasteiger partial charge in [-0.15, -0.1) is 0 Å². The van der Waals surface area contributed by atoms with E-state index in [1.54, 1.807) is 30.3 Å². The molecule has 0 radical (unpaired) electrons. The van der Waals surface area contributed by atoms with Crippen LogP contribution in [0.5, 0.6) is 0 Å². The maximum Gasteiger partial charge on any atom is 0.494 e. The van der Waals surface area contributed by atoms with Crippen LogP contribution in [0, 0.1) is 0 Å². The van der Waals surface area contributed by atoms with E-state index in [9.17, 15) is 14.4 Å². The Labute approximate surface area is 533 Å². The van der Waals surface area contributed by atoms with Gasteiger partial charge in [-0.25, -0.2) is 29.5 Å². The summed E-state index contributed by atoms with van der Waals surface area (Å²) in [6.07, 6.45) is 21.3. The molecule has 17 rings (SSSR count). The van der Waals surface area contributed by atoms with Gasteiger partial charge in [-0.2, -0.15) is 15.3 Å². The molecule has 3 aromatic carbocycles. The summed E-state index contributed by atoms with van der Waals surface area (Å²) in [6, 6.07) is 24.3. The van der Waals surface area contributed by atoms with Crippen molar-refractivity contribution in [3.05, 3.63) is 141 Å². The number of nitrogens with one attached hydrogen (secondary N) is 1. The molecule has 5 N–H and O–H groups in total. The lowest BCUT2D eigenvalue weighted by Gasteiger charge is -2.32. The molecule has 1 saturated heterocycles. The number of aryl methyl sites for hydroxylation is 3. The van der Waals surface area contributed by atoms with Gasteiger partial charge in [0.25, 0.3) is 5.56 Å². The molecule has 0 spiro atoms. The monoisotopic (exact) mass is 1290 g/mol. The van der Waals surface area contributed by atoms with Gasteiger partial charge in [0.05, 0.1) is 83.3 Å². The number of nitrogens with two attached hydrogens (primary N) is 2. The van der Waals surface area contributed by atoms with Crippen LogP contribution >= 0.6 is 15.9 Å². The number of hydrogen-bond acceptors (Lipinski definition) is 16. The molecule has 468 valence electrons. The lowest BCUT2D eigenvalue weighted by atomic mass is 9.78. The minimum Gasteiger partial charge on any atom is -0.465 e. The van der Waals surface area contributed by atoms with Gasteiger partial charge >= 0.3 is 19.1 Å². The van der Waals surface area contributed by atoms with Crippen molar-refractivity contribution in [3.8, 4) is 56.7 Å². The summed E-state index contributed by atoms with van der Waals surface area (Å²) in [5, 5.41) is 14.8. The van der Waals surface area contributed by atoms with Crippen molar-refractivity contribution < 1.29 is 28.4 Å². The predicted molar refractivity (Wildman–Crippen MR) is 348 cm³/mol. The van der Waals surface area contributed by atoms with Crippen LogP contribution in [0.3, 0.4) is 0 Å². The number of rotatable bonds is 11. The number of anilines is 2. The van der Waals surface area contributed by atoms with E-state index in [1.165, 1.54) is 71.3 Å². The van der Waals surface area contributed by atoms with E-state index in [0.29, 0.717) is 51.5 Å². The number of carbonyl (C=O) groups excluding carboxylic acids is 2. The number of imidazole rings is 3. The lowest BCUT2D eigenvalue weighted by molar-refractivity contribution is 0.00578. The van der Waals surface area contributed by atoms with Gasteiger partial charge in [0.1, 0.15) is 56.2 Å². The van der Waals surface area contributed by atoms with Gasteiger partial charge < -0.3 is 48.9 Å². The molecular weight excluding hydrogens is 1220 g/mol. The van der Waals surface area contributed by atoms with Crippen molar-refractivity contribution in [2.45, 2.75) is 154 Å². The number of carbonyl (C=O) groups is 2. The maximum atomic E-state index is 12.2. The minimum absolute atomic E-state index is 0.123. The fourth-order valence-electron chi connectivity index (χ4n) is 12.3. The van der Waals surface area contributed by atoms with E-state index in [-0.39, 0.29) is 5.56 Å². The topological polar surface area (TPSA) is 276 Å². The second-order valence-corrected chi connectivity index (χ2v) is 26.1. The van der Waals surface area contributed by atoms with Gasteiger partial charge in [0.2, 0.25) is 0 Å². The van der Waals surface area contributed by atoms with E-state index in [1.807, 2.05) is 68.9 Å². The first-order chi connectivity index (χ1) is 43.9. The third kappa shape index (κ3) is 11.6. The molecule has 3 saturated carbocycles. The molecule has 7 aromatic heterocycles. The molecule has 0 amide bonds. The highest BCUT2D eigenvalue weighted by Crippen LogP contribution is 2.42. The first kappa shape index (κ1) is 59.7. The molecule has 0 unspecified atom stereocenters. The van der Waals surface area contributed by atoms with Gasteiger partial charge in [0, 0.05) is 80.0 Å². The fourth-order valence-corrected chi connectivity index (χ4v) is 12.9. The van der Waals surface area contributed by atoms with E-state index >= 15 is 0 Å². The van der Waals surface area contributed by atoms with E-state index in [2.05, 4.69) is 78.6 Å². The normalized spacial score (nSPS) is 17.3. The largest absolute Gasteiger partial charge is 0.494 e. The number of aromatic amines is 1. The number of halogens is 1. The summed E-state index contributed by atoms with van der Waals surface area (Å²) in [4.78, 5) is 57.4. The Kier molecular flexibility index (Phi) is 15.5. The zero-order chi connectivity index (χ0) is 63.0. The highest BCUT2D eigenvalue weighted by molar-refractivity contribution is 9.10. The standard InChI is InChI=1S/C20H18N6O.C20H21N5O2.C14H20BNO4.C12H13BrN4/c27-20-14-10-12(3-6-15(14)21-11-22-20)19-18(23-17-2-1-8-25(17)19)16-7-9-26(24-16)13-4-5-13;1-27-20(26)14-11-12(4-7-15(14)21)19-18(22-17-3-2-9-24(17)19)16-8-10-25(23-16)13-5-6-13;1-13(2)14(3,4)20-15(19-13)9-6-7-11(16)10(8-9)12(17)18-5;13-12-11(14-10-2-1-6-16(10)12)9-5-7-17(15-9)8-3-4-8/h3,6-7,9-11,13H,1-2,4-5,8H2,(H,21,22,27);4,7-8,10-11,13H,2-3,5-6,9,21H2,1H3;6-8H,16H2,1-5H3;5,7-8H,1-4,6H2. The summed E-state index contributed by atoms with van der Waals surface area (Å²) < 4.78 is 35.5. The van der Waals surface area contributed by atoms with Crippen LogP contribution in [-0.2, 0) is 57.7 Å². The summed E-state index contributed by atoms with van der Waals surface area (Å²) in [7, 11) is 2.16. The van der Waals surface area contributed by atoms with E-state index in [0.717, 1.165) is 130 Å². The molecule has 25 heteroatoms. The first-order valence-corrected chi connectivity index (χ1v) is 32.1. The summed E-state index contributed by atoms with van der Waals surface area (Å²) >= 11 is 3.65. The van der Waals surface area contributed by atoms with Crippen molar-refractivity contribution in [3.63, 3.8) is 0 Å². The van der Waals surface area contributed by atoms with E-state index in [4.69, 9.17) is 55.4 Å². The number of H-pyrrole nitrogens is 1. The van der Waals surface area contributed by atoms with Crippen LogP contribution in [0.2, 0.25) is 0 Å². The number of fused-ring (bicyclic) bond motifs is 4. The van der Waals surface area contributed by atoms with Crippen molar-refractivity contribution >= 4 is 62.7 Å². The molecule has 23 nitrogen and oxygen atoms in total. The molecule has 4 fully saturated rings. The van der Waals surface area contributed by atoms with Crippen LogP contribution in [0.15, 0.2) is 107 Å². The molecule has 0 bridgehead atoms. The third-order valence-corrected chi connectivity index (χ3v) is 19.2. The van der Waals surface area contributed by atoms with Crippen LogP contribution in [0.1, 0.15) is 142 Å². The average Bonchev–Trinajstić information content (AvgIpc) is 1.67. The van der Waals surface area contributed by atoms with Crippen molar-refractivity contribution in [1.82, 2.24) is 68.0 Å². The quantitative estimate of drug-likeness (QED) is 0.0617. The Hall–Kier alpha value is -8.94. The fraction of sp³-hybridized carbons (Fsp3) is 0.394. The number of nitrogens with zero attached hydrogens (tertiary/aromatic N) is 13. The Morgan fingerprint density at radius 3 is 1.53 bits per heavy atom. The Morgan fingerprint density at radius 1 is 0.593 bits per heavy atom. The third-order valence-electron chi connectivity index (χ3n) is 18.4. The van der Waals surface area contributed by atoms with Crippen molar-refractivity contribution in [1.29, 1.82) is 0 Å². The van der Waals surface area contributed by atoms with Crippen molar-refractivity contribution in [2.24, 2.45) is 0 Å². The number of hydrogen-bond donors (Lipinski definition) is 3. The van der Waals surface area contributed by atoms with Crippen molar-refractivity contribution in [2.75, 3.05) is 25.7 Å². The Morgan fingerprint density at radius 2 is 1.03 bits per heavy atom. The molecule has 10 aromatic rings. The summed E-state index contributed by atoms with van der Waals surface area (Å²) in [6.45, 7) is 10.8. The number of methoxy groups -OCH3 is 2. The predicted octanol–water partition coefficient (Wildman–Crippen LogP) is 10.1. The number of benzene rings is 3. The zero-order valence-corrected chi connectivity index (χ0v) is 53.4. The molecule has 0 atom stereocenters. The van der Waals surface area contributed by atoms with Gasteiger partial charge in [-0.1, -0.05) is 18.2 Å². The smallest absolute Gasteiger partial charge is 0.465 e. The SMILES string of the molecule is Brc1c(-c2ccn(C3CC3)n2)nc2n1CCC2.COC(=O)c1cc(-c2c(-c3ccn(C4CC4)n3)nc3n2CCC3)ccc1N.COC(=O)c1cc(B2OC(C)(C)C(C)(C)O2)ccc1N.O=c1[nH]cnc2ccc(-c3c(-c4ccn(C5CC5)n4)nc4n3CCC4)cc12. The molecule has 91 heavy (non-hydrogen) atoms. The second kappa shape index (κ2) is 23.7. The Balaban J connectivity index is 0.000000107. The first-order valence-electron chi connectivity index (χ1n) is 31.3. The lowest BCUT2D eigenvalue weighted by Crippen LogP contribution is -2.41. The van der Waals surface area contributed by atoms with E-state index < -0.39 is 30.3 Å². The zero-order valence-electron chi connectivity index (χ0n) is 51.9. The average molecular weight is 1290 g/mol. The number of ether oxygens (including phenoxy) is 2. The molecular formula is C66H72BBrN16O7. The van der Waals surface area contributed by atoms with Gasteiger partial charge in [0.15, 0.2) is 0 Å². The number of aromatic nitrogens is 14. The highest BCUT2D eigenvalue weighted by atomic mass is 79.9. The highest BCUT2D eigenvalue weighted by Gasteiger charge is 2.52. The number of nitrogen functional groups attached to an aromatic ring is 2. The van der Waals surface area contributed by atoms with Crippen LogP contribution in [0.4, 0.5) is 11.4 Å². The van der Waals surface area contributed by atoms with Gasteiger partial charge in [-0.05, 0) is 161 Å². The van der Waals surface area contributed by atoms with Gasteiger partial charge in [-0.3, -0.25) is 18.8 Å². The molecule has 3 aliphatic carbocycles. The number of esters is 2. The molecule has 11 heterocycles. The second-order valence-electron chi connectivity index (χ2n) is 25.3. The van der Waals surface area contributed by atoms with Crippen LogP contribution < -0.4 is 22.5 Å². The molecule has 4 aliphatic heterocycles. The summed E-state index contributed by atoms with van der Waals surface area (Å²) in [5.74, 6) is 2.45. The van der Waals surface area contributed by atoms with Crippen LogP contribution in [-0.4, -0.2) is 112 Å². The molecule has 7 aliphatic rings. The minimum atomic E-state index is -0.524.